The fraction of sp³-hybridized carbons (Fsp3) is 0.545. The van der Waals surface area contributed by atoms with E-state index >= 15 is 0 Å². The van der Waals surface area contributed by atoms with Gasteiger partial charge in [-0.1, -0.05) is 12.2 Å². The molecule has 0 aromatic carbocycles. The van der Waals surface area contributed by atoms with Gasteiger partial charge in [-0.2, -0.15) is 0 Å². The molecule has 0 amide bonds. The van der Waals surface area contributed by atoms with Gasteiger partial charge in [0.15, 0.2) is 0 Å². The van der Waals surface area contributed by atoms with Gasteiger partial charge in [0.1, 0.15) is 5.92 Å². The van der Waals surface area contributed by atoms with Crippen molar-refractivity contribution in [3.05, 3.63) is 33.2 Å². The van der Waals surface area contributed by atoms with Crippen LogP contribution in [0.5, 0.6) is 0 Å². The van der Waals surface area contributed by atoms with E-state index in [1.54, 1.807) is 0 Å². The van der Waals surface area contributed by atoms with E-state index in [0.29, 0.717) is 0 Å². The maximum absolute atomic E-state index is 11.7. The summed E-state index contributed by atoms with van der Waals surface area (Å²) in [5.41, 5.74) is -1.14. The zero-order chi connectivity index (χ0) is 13.2. The molecule has 5 rings (SSSR count). The zero-order valence-electron chi connectivity index (χ0n) is 9.80. The Morgan fingerprint density at radius 3 is 3.00 bits per heavy atom. The molecule has 8 heteroatoms. The van der Waals surface area contributed by atoms with Crippen LogP contribution in [-0.4, -0.2) is 21.8 Å². The first-order valence-corrected chi connectivity index (χ1v) is 6.12. The highest BCUT2D eigenvalue weighted by Crippen LogP contribution is 2.55. The van der Waals surface area contributed by atoms with Gasteiger partial charge in [0, 0.05) is 4.92 Å². The van der Waals surface area contributed by atoms with Crippen molar-refractivity contribution >= 4 is 12.0 Å². The van der Waals surface area contributed by atoms with Crippen LogP contribution in [0.25, 0.3) is 0 Å². The van der Waals surface area contributed by atoms with E-state index in [-0.39, 0.29) is 33.2 Å². The normalized spacial score (nSPS) is 38.0. The van der Waals surface area contributed by atoms with Crippen molar-refractivity contribution in [1.82, 2.24) is 5.16 Å². The summed E-state index contributed by atoms with van der Waals surface area (Å²) in [6.45, 7) is 0. The molecular formula is C11H10N4O4. The topological polar surface area (TPSA) is 108 Å². The average Bonchev–Trinajstić information content (AvgIpc) is 2.81. The molecule has 1 aliphatic heterocycles. The van der Waals surface area contributed by atoms with Gasteiger partial charge < -0.3 is 5.21 Å². The highest BCUT2D eigenvalue weighted by Gasteiger charge is 2.66. The highest BCUT2D eigenvalue weighted by atomic mass is 16.8. The van der Waals surface area contributed by atoms with Crippen molar-refractivity contribution in [3.63, 3.8) is 0 Å². The first kappa shape index (κ1) is 10.7. The maximum Gasteiger partial charge on any atom is 0.336 e. The molecule has 4 aliphatic rings. The van der Waals surface area contributed by atoms with Gasteiger partial charge >= 0.3 is 5.82 Å². The van der Waals surface area contributed by atoms with Gasteiger partial charge in [0.25, 0.3) is 5.54 Å². The third-order valence-corrected chi connectivity index (χ3v) is 4.55. The van der Waals surface area contributed by atoms with Crippen molar-refractivity contribution in [2.45, 2.75) is 24.3 Å². The molecule has 1 saturated carbocycles. The minimum absolute atomic E-state index is 0.0412. The van der Waals surface area contributed by atoms with Gasteiger partial charge in [-0.25, -0.2) is 4.99 Å². The number of nitro groups is 1. The van der Waals surface area contributed by atoms with E-state index in [4.69, 9.17) is 0 Å². The van der Waals surface area contributed by atoms with Crippen LogP contribution < -0.4 is 4.90 Å². The van der Waals surface area contributed by atoms with Crippen LogP contribution >= 0.6 is 0 Å². The summed E-state index contributed by atoms with van der Waals surface area (Å²) in [6, 6.07) is 0. The predicted octanol–water partition coefficient (Wildman–Crippen LogP) is 0.719. The molecule has 0 spiro atoms. The summed E-state index contributed by atoms with van der Waals surface area (Å²) in [4.78, 5) is 15.6. The molecule has 2 bridgehead atoms. The Kier molecular flexibility index (Phi) is 1.79. The van der Waals surface area contributed by atoms with Gasteiger partial charge in [-0.05, 0) is 23.7 Å². The molecule has 2 heterocycles. The van der Waals surface area contributed by atoms with Gasteiger partial charge in [0.2, 0.25) is 5.69 Å². The summed E-state index contributed by atoms with van der Waals surface area (Å²) in [5.74, 6) is -0.647. The van der Waals surface area contributed by atoms with E-state index in [1.165, 1.54) is 6.21 Å². The van der Waals surface area contributed by atoms with Crippen molar-refractivity contribution in [2.24, 2.45) is 16.8 Å². The van der Waals surface area contributed by atoms with Gasteiger partial charge in [-0.15, -0.1) is 0 Å². The molecular weight excluding hydrogens is 252 g/mol. The molecule has 0 radical (unpaired) electrons. The minimum Gasteiger partial charge on any atom is -0.359 e. The molecule has 1 aromatic heterocycles. The third-order valence-electron chi connectivity index (χ3n) is 4.55. The van der Waals surface area contributed by atoms with E-state index in [2.05, 4.69) is 14.8 Å². The number of hydrogen-bond acceptors (Lipinski definition) is 6. The Labute approximate surface area is 107 Å². The summed E-state index contributed by atoms with van der Waals surface area (Å²) in [6.07, 6.45) is 6.77. The number of rotatable bonds is 1. The smallest absolute Gasteiger partial charge is 0.336 e. The summed E-state index contributed by atoms with van der Waals surface area (Å²) in [5, 5.41) is 26.9. The summed E-state index contributed by atoms with van der Waals surface area (Å²) >= 11 is 0. The summed E-state index contributed by atoms with van der Waals surface area (Å²) < 4.78 is 4.55. The number of allylic oxidation sites excluding steroid dienone is 1. The number of nitrogens with zero attached hydrogens (tertiary/aromatic N) is 4. The largest absolute Gasteiger partial charge is 0.359 e. The summed E-state index contributed by atoms with van der Waals surface area (Å²) in [7, 11) is 0. The van der Waals surface area contributed by atoms with Crippen molar-refractivity contribution in [1.29, 1.82) is 0 Å². The minimum atomic E-state index is -1.33. The average molecular weight is 262 g/mol. The Morgan fingerprint density at radius 2 is 2.32 bits per heavy atom. The molecule has 3 aliphatic carbocycles. The van der Waals surface area contributed by atoms with E-state index in [1.807, 2.05) is 12.2 Å². The SMILES string of the molecule is O=[N+]([O-])C12C=Nc3no[n+]([O-])c3C1[C@@H]1C=C[C@H]2CC1. The first-order valence-electron chi connectivity index (χ1n) is 6.12. The van der Waals surface area contributed by atoms with Crippen LogP contribution in [0.1, 0.15) is 24.5 Å². The molecule has 98 valence electrons. The molecule has 19 heavy (non-hydrogen) atoms. The fourth-order valence-electron chi connectivity index (χ4n) is 3.73. The molecule has 1 aromatic rings. The Balaban J connectivity index is 2.01. The van der Waals surface area contributed by atoms with Gasteiger partial charge in [0.05, 0.1) is 17.3 Å². The standard InChI is InChI=1S/C11H10N4O4/c16-14-9-8-6-1-3-7(4-2-6)11(8,15(17)18)5-12-10(9)13-19-14/h1,3,5-8H,2,4H2/t6-,7+,8?,11?/m1/s1. The number of aliphatic imine (C=N–C) groups is 1. The monoisotopic (exact) mass is 262 g/mol. The Morgan fingerprint density at radius 1 is 1.47 bits per heavy atom. The second kappa shape index (κ2) is 3.19. The van der Waals surface area contributed by atoms with Crippen molar-refractivity contribution in [3.8, 4) is 0 Å². The van der Waals surface area contributed by atoms with Crippen molar-refractivity contribution < 1.29 is 14.5 Å². The predicted molar refractivity (Wildman–Crippen MR) is 61.4 cm³/mol. The molecule has 0 saturated heterocycles. The first-order chi connectivity index (χ1) is 9.14. The maximum atomic E-state index is 11.7. The van der Waals surface area contributed by atoms with Crippen LogP contribution in [0.2, 0.25) is 0 Å². The van der Waals surface area contributed by atoms with Crippen LogP contribution in [0.15, 0.2) is 21.8 Å². The van der Waals surface area contributed by atoms with E-state index in [9.17, 15) is 15.3 Å². The van der Waals surface area contributed by atoms with Crippen molar-refractivity contribution in [2.75, 3.05) is 0 Å². The molecule has 2 unspecified atom stereocenters. The number of hydrogen-bond donors (Lipinski definition) is 0. The molecule has 8 nitrogen and oxygen atoms in total. The number of aromatic nitrogens is 2. The lowest BCUT2D eigenvalue weighted by atomic mass is 9.56. The quantitative estimate of drug-likeness (QED) is 0.320. The highest BCUT2D eigenvalue weighted by molar-refractivity contribution is 5.78. The Hall–Kier alpha value is -2.25. The molecule has 4 atom stereocenters. The third kappa shape index (κ3) is 1.07. The lowest BCUT2D eigenvalue weighted by molar-refractivity contribution is -0.810. The second-order valence-corrected chi connectivity index (χ2v) is 5.25. The van der Waals surface area contributed by atoms with Crippen LogP contribution in [0.4, 0.5) is 5.82 Å². The lowest BCUT2D eigenvalue weighted by Gasteiger charge is -2.45. The van der Waals surface area contributed by atoms with Gasteiger partial charge in [-0.3, -0.25) is 14.7 Å². The second-order valence-electron chi connectivity index (χ2n) is 5.25. The lowest BCUT2D eigenvalue weighted by Crippen LogP contribution is -2.60. The number of fused-ring (bicyclic) bond motifs is 2. The van der Waals surface area contributed by atoms with E-state index in [0.717, 1.165) is 12.8 Å². The van der Waals surface area contributed by atoms with E-state index < -0.39 is 11.5 Å². The zero-order valence-corrected chi connectivity index (χ0v) is 9.80. The van der Waals surface area contributed by atoms with Crippen LogP contribution in [0, 0.1) is 27.2 Å². The fourth-order valence-corrected chi connectivity index (χ4v) is 3.73. The molecule has 0 N–H and O–H groups in total. The van der Waals surface area contributed by atoms with Crippen LogP contribution in [-0.2, 0) is 0 Å². The molecule has 1 fully saturated rings. The van der Waals surface area contributed by atoms with Crippen LogP contribution in [0.3, 0.4) is 0 Å². The Bertz CT molecular complexity index is 637.